The summed E-state index contributed by atoms with van der Waals surface area (Å²) in [5.74, 6) is -0.969. The number of aromatic carboxylic acids is 1. The van der Waals surface area contributed by atoms with Crippen molar-refractivity contribution in [3.8, 4) is 0 Å². The molecule has 0 radical (unpaired) electrons. The normalized spacial score (nSPS) is 12.4. The lowest BCUT2D eigenvalue weighted by Crippen LogP contribution is -2.13. The van der Waals surface area contributed by atoms with Crippen LogP contribution < -0.4 is 10.8 Å². The van der Waals surface area contributed by atoms with Crippen molar-refractivity contribution in [2.24, 2.45) is 0 Å². The fourth-order valence-electron chi connectivity index (χ4n) is 3.60. The molecular formula is C21H13N3O3. The molecule has 2 aromatic heterocycles. The highest BCUT2D eigenvalue weighted by atomic mass is 16.4. The van der Waals surface area contributed by atoms with Gasteiger partial charge in [0.1, 0.15) is 0 Å². The van der Waals surface area contributed by atoms with Crippen molar-refractivity contribution in [3.05, 3.63) is 87.6 Å². The summed E-state index contributed by atoms with van der Waals surface area (Å²) in [5, 5.41) is 12.1. The van der Waals surface area contributed by atoms with Gasteiger partial charge in [-0.1, -0.05) is 36.4 Å². The molecule has 0 aliphatic heterocycles. The molecule has 27 heavy (non-hydrogen) atoms. The van der Waals surface area contributed by atoms with Crippen LogP contribution in [-0.4, -0.2) is 25.4 Å². The number of imidazole rings is 1. The minimum absolute atomic E-state index is 0.227. The van der Waals surface area contributed by atoms with Crippen LogP contribution in [0.4, 0.5) is 0 Å². The van der Waals surface area contributed by atoms with E-state index in [1.807, 2.05) is 36.4 Å². The summed E-state index contributed by atoms with van der Waals surface area (Å²) in [6, 6.07) is 14.6. The van der Waals surface area contributed by atoms with E-state index in [1.165, 1.54) is 0 Å². The molecule has 0 spiro atoms. The molecule has 6 nitrogen and oxygen atoms in total. The number of fused-ring (bicyclic) bond motifs is 5. The van der Waals surface area contributed by atoms with Crippen LogP contribution in [0.25, 0.3) is 33.5 Å². The number of hydrogen-bond acceptors (Lipinski definition) is 3. The van der Waals surface area contributed by atoms with E-state index in [0.29, 0.717) is 5.65 Å². The number of hydrogen-bond donors (Lipinski definition) is 2. The predicted molar refractivity (Wildman–Crippen MR) is 103 cm³/mol. The standard InChI is InChI=1S/C21H13N3O3/c25-20-19-22-8-9-24(19)18-16(11-12-4-3-5-13(10-12)21(26)27)14-6-1-2-7-15(14)17(18)23-20/h1-11H,(H,23,25)(H,26,27)/b16-11-. The Labute approximate surface area is 152 Å². The van der Waals surface area contributed by atoms with Crippen LogP contribution in [-0.2, 0) is 0 Å². The maximum absolute atomic E-state index is 12.4. The van der Waals surface area contributed by atoms with Crippen molar-refractivity contribution >= 4 is 39.5 Å². The third kappa shape index (κ3) is 2.23. The lowest BCUT2D eigenvalue weighted by Gasteiger charge is -1.99. The van der Waals surface area contributed by atoms with Gasteiger partial charge in [-0.2, -0.15) is 0 Å². The number of aromatic amines is 1. The van der Waals surface area contributed by atoms with Crippen molar-refractivity contribution in [2.45, 2.75) is 0 Å². The Morgan fingerprint density at radius 3 is 2.74 bits per heavy atom. The van der Waals surface area contributed by atoms with Crippen LogP contribution in [0.5, 0.6) is 0 Å². The number of carbonyl (C=O) groups is 1. The van der Waals surface area contributed by atoms with Gasteiger partial charge in [0.25, 0.3) is 5.56 Å². The Hall–Kier alpha value is -3.93. The molecule has 0 fully saturated rings. The molecule has 0 aliphatic carbocycles. The second-order valence-electron chi connectivity index (χ2n) is 6.33. The Balaban J connectivity index is 1.99. The molecule has 0 amide bonds. The van der Waals surface area contributed by atoms with Gasteiger partial charge in [0.15, 0.2) is 0 Å². The molecule has 0 bridgehead atoms. The topological polar surface area (TPSA) is 87.5 Å². The molecule has 0 aliphatic rings. The third-order valence-corrected chi connectivity index (χ3v) is 4.75. The van der Waals surface area contributed by atoms with E-state index < -0.39 is 5.97 Å². The Kier molecular flexibility index (Phi) is 3.14. The minimum atomic E-state index is -0.969. The first kappa shape index (κ1) is 15.3. The van der Waals surface area contributed by atoms with Gasteiger partial charge in [-0.3, -0.25) is 9.20 Å². The number of carboxylic acids is 1. The molecule has 0 atom stereocenters. The summed E-state index contributed by atoms with van der Waals surface area (Å²) in [4.78, 5) is 30.8. The predicted octanol–water partition coefficient (Wildman–Crippen LogP) is 2.57. The van der Waals surface area contributed by atoms with Crippen molar-refractivity contribution in [1.82, 2.24) is 14.4 Å². The average Bonchev–Trinajstić information content (AvgIpc) is 3.27. The first-order valence-corrected chi connectivity index (χ1v) is 8.38. The van der Waals surface area contributed by atoms with E-state index in [9.17, 15) is 14.7 Å². The Bertz CT molecular complexity index is 1480. The summed E-state index contributed by atoms with van der Waals surface area (Å²) >= 11 is 0. The van der Waals surface area contributed by atoms with E-state index in [2.05, 4.69) is 9.97 Å². The monoisotopic (exact) mass is 355 g/mol. The van der Waals surface area contributed by atoms with Gasteiger partial charge in [0.05, 0.1) is 16.6 Å². The van der Waals surface area contributed by atoms with Crippen LogP contribution >= 0.6 is 0 Å². The van der Waals surface area contributed by atoms with Crippen LogP contribution in [0.3, 0.4) is 0 Å². The first-order chi connectivity index (χ1) is 13.1. The SMILES string of the molecule is O=C(O)c1cccc(/C=c2/c3ccccc3c3[nH]c(=O)c4nccn4c23)c1. The third-order valence-electron chi connectivity index (χ3n) is 4.75. The zero-order valence-electron chi connectivity index (χ0n) is 14.0. The van der Waals surface area contributed by atoms with Gasteiger partial charge in [0, 0.05) is 23.0 Å². The summed E-state index contributed by atoms with van der Waals surface area (Å²) in [6.07, 6.45) is 5.29. The quantitative estimate of drug-likeness (QED) is 0.509. The maximum Gasteiger partial charge on any atom is 0.335 e. The van der Waals surface area contributed by atoms with E-state index in [0.717, 1.165) is 32.6 Å². The Morgan fingerprint density at radius 1 is 1.11 bits per heavy atom. The van der Waals surface area contributed by atoms with Gasteiger partial charge in [-0.05, 0) is 29.2 Å². The first-order valence-electron chi connectivity index (χ1n) is 8.38. The van der Waals surface area contributed by atoms with Crippen LogP contribution in [0.1, 0.15) is 15.9 Å². The number of benzene rings is 2. The number of nitrogens with zero attached hydrogens (tertiary/aromatic N) is 2. The smallest absolute Gasteiger partial charge is 0.335 e. The Morgan fingerprint density at radius 2 is 1.93 bits per heavy atom. The van der Waals surface area contributed by atoms with Crippen molar-refractivity contribution in [3.63, 3.8) is 0 Å². The molecule has 0 unspecified atom stereocenters. The molecule has 6 heteroatoms. The van der Waals surface area contributed by atoms with E-state index >= 15 is 0 Å². The molecule has 5 rings (SSSR count). The van der Waals surface area contributed by atoms with Crippen molar-refractivity contribution in [2.75, 3.05) is 0 Å². The molecule has 5 aromatic rings. The second kappa shape index (κ2) is 5.54. The average molecular weight is 355 g/mol. The number of aromatic nitrogens is 3. The lowest BCUT2D eigenvalue weighted by molar-refractivity contribution is 0.0697. The van der Waals surface area contributed by atoms with Gasteiger partial charge in [0.2, 0.25) is 5.65 Å². The summed E-state index contributed by atoms with van der Waals surface area (Å²) < 4.78 is 1.78. The fraction of sp³-hybridized carbons (Fsp3) is 0. The maximum atomic E-state index is 12.4. The number of carboxylic acid groups (broad SMARTS) is 1. The highest BCUT2D eigenvalue weighted by Crippen LogP contribution is 2.22. The summed E-state index contributed by atoms with van der Waals surface area (Å²) in [5.41, 5.74) is 2.65. The van der Waals surface area contributed by atoms with E-state index in [-0.39, 0.29) is 11.1 Å². The van der Waals surface area contributed by atoms with Gasteiger partial charge in [-0.15, -0.1) is 0 Å². The van der Waals surface area contributed by atoms with Crippen molar-refractivity contribution < 1.29 is 9.90 Å². The number of nitrogens with one attached hydrogen (secondary N) is 1. The molecule has 130 valence electrons. The largest absolute Gasteiger partial charge is 0.478 e. The van der Waals surface area contributed by atoms with Gasteiger partial charge in [-0.25, -0.2) is 9.78 Å². The number of rotatable bonds is 2. The molecule has 2 N–H and O–H groups in total. The van der Waals surface area contributed by atoms with Crippen LogP contribution in [0.15, 0.2) is 65.7 Å². The zero-order chi connectivity index (χ0) is 18.5. The fourth-order valence-corrected chi connectivity index (χ4v) is 3.60. The number of H-pyrrole nitrogens is 1. The van der Waals surface area contributed by atoms with Gasteiger partial charge >= 0.3 is 5.97 Å². The van der Waals surface area contributed by atoms with E-state index in [1.54, 1.807) is 35.0 Å². The molecule has 3 aromatic carbocycles. The van der Waals surface area contributed by atoms with Crippen LogP contribution in [0, 0.1) is 0 Å². The highest BCUT2D eigenvalue weighted by Gasteiger charge is 2.13. The van der Waals surface area contributed by atoms with Crippen molar-refractivity contribution in [1.29, 1.82) is 0 Å². The highest BCUT2D eigenvalue weighted by molar-refractivity contribution is 6.10. The van der Waals surface area contributed by atoms with Crippen LogP contribution in [0.2, 0.25) is 0 Å². The lowest BCUT2D eigenvalue weighted by atomic mass is 10.1. The zero-order valence-corrected chi connectivity index (χ0v) is 14.0. The molecular weight excluding hydrogens is 342 g/mol. The minimum Gasteiger partial charge on any atom is -0.478 e. The van der Waals surface area contributed by atoms with E-state index in [4.69, 9.17) is 0 Å². The second-order valence-corrected chi connectivity index (χ2v) is 6.33. The molecule has 2 heterocycles. The van der Waals surface area contributed by atoms with Gasteiger partial charge < -0.3 is 10.1 Å². The summed E-state index contributed by atoms with van der Waals surface area (Å²) in [7, 11) is 0. The molecule has 0 saturated carbocycles. The summed E-state index contributed by atoms with van der Waals surface area (Å²) in [6.45, 7) is 0. The molecule has 0 saturated heterocycles.